The van der Waals surface area contributed by atoms with Crippen LogP contribution >= 0.6 is 0 Å². The van der Waals surface area contributed by atoms with Crippen LogP contribution in [0.15, 0.2) is 29.5 Å². The summed E-state index contributed by atoms with van der Waals surface area (Å²) in [5, 5.41) is 0. The van der Waals surface area contributed by atoms with Crippen LogP contribution < -0.4 is 5.56 Å². The third-order valence-corrected chi connectivity index (χ3v) is 2.09. The summed E-state index contributed by atoms with van der Waals surface area (Å²) in [6.45, 7) is 1.94. The van der Waals surface area contributed by atoms with E-state index in [2.05, 4.69) is 0 Å². The molecular formula is C9H10N2O. The van der Waals surface area contributed by atoms with E-state index in [-0.39, 0.29) is 5.56 Å². The molecule has 0 fully saturated rings. The minimum absolute atomic E-state index is 0.0556. The van der Waals surface area contributed by atoms with Gasteiger partial charge in [0, 0.05) is 25.6 Å². The third-order valence-electron chi connectivity index (χ3n) is 2.09. The summed E-state index contributed by atoms with van der Waals surface area (Å²) in [6.07, 6.45) is 5.53. The van der Waals surface area contributed by atoms with Crippen LogP contribution in [0.3, 0.4) is 0 Å². The number of hydrogen-bond donors (Lipinski definition) is 0. The van der Waals surface area contributed by atoms with Crippen molar-refractivity contribution in [3.63, 3.8) is 0 Å². The highest BCUT2D eigenvalue weighted by atomic mass is 16.1. The molecule has 2 rings (SSSR count). The van der Waals surface area contributed by atoms with E-state index in [1.807, 2.05) is 29.8 Å². The maximum atomic E-state index is 11.6. The van der Waals surface area contributed by atoms with Crippen LogP contribution in [-0.4, -0.2) is 8.97 Å². The number of aromatic nitrogens is 2. The summed E-state index contributed by atoms with van der Waals surface area (Å²) >= 11 is 0. The fourth-order valence-electron chi connectivity index (χ4n) is 1.36. The van der Waals surface area contributed by atoms with E-state index in [1.165, 1.54) is 0 Å². The van der Waals surface area contributed by atoms with Gasteiger partial charge in [-0.05, 0) is 18.6 Å². The molecule has 0 aromatic carbocycles. The lowest BCUT2D eigenvalue weighted by Gasteiger charge is -1.98. The molecule has 62 valence electrons. The second kappa shape index (κ2) is 2.24. The lowest BCUT2D eigenvalue weighted by Crippen LogP contribution is -2.17. The summed E-state index contributed by atoms with van der Waals surface area (Å²) in [4.78, 5) is 11.6. The standard InChI is InChI=1S/C9H10N2O/c1-7-3-4-11-6-5-10(2)9(12)8(7)11/h3-6H,1-2H3. The fraction of sp³-hybridized carbons (Fsp3) is 0.222. The quantitative estimate of drug-likeness (QED) is 0.566. The fourth-order valence-corrected chi connectivity index (χ4v) is 1.36. The maximum absolute atomic E-state index is 11.6. The van der Waals surface area contributed by atoms with Crippen molar-refractivity contribution in [3.05, 3.63) is 40.6 Å². The molecule has 0 aliphatic heterocycles. The molecule has 0 amide bonds. The molecule has 0 atom stereocenters. The molecule has 0 spiro atoms. The average molecular weight is 162 g/mol. The topological polar surface area (TPSA) is 26.4 Å². The molecule has 0 bridgehead atoms. The summed E-state index contributed by atoms with van der Waals surface area (Å²) in [6, 6.07) is 1.94. The van der Waals surface area contributed by atoms with Gasteiger partial charge in [0.1, 0.15) is 5.52 Å². The van der Waals surface area contributed by atoms with Gasteiger partial charge in [-0.2, -0.15) is 0 Å². The predicted molar refractivity (Wildman–Crippen MR) is 47.4 cm³/mol. The minimum atomic E-state index is 0.0556. The van der Waals surface area contributed by atoms with Gasteiger partial charge in [-0.3, -0.25) is 4.79 Å². The molecule has 0 aliphatic carbocycles. The van der Waals surface area contributed by atoms with Crippen LogP contribution in [0.5, 0.6) is 0 Å². The van der Waals surface area contributed by atoms with Crippen molar-refractivity contribution in [2.24, 2.45) is 7.05 Å². The summed E-state index contributed by atoms with van der Waals surface area (Å²) < 4.78 is 3.43. The van der Waals surface area contributed by atoms with Crippen LogP contribution in [-0.2, 0) is 7.05 Å². The lowest BCUT2D eigenvalue weighted by molar-refractivity contribution is 0.845. The van der Waals surface area contributed by atoms with Crippen molar-refractivity contribution in [3.8, 4) is 0 Å². The lowest BCUT2D eigenvalue weighted by atomic mass is 10.3. The molecule has 12 heavy (non-hydrogen) atoms. The van der Waals surface area contributed by atoms with Gasteiger partial charge >= 0.3 is 0 Å². The Morgan fingerprint density at radius 3 is 2.75 bits per heavy atom. The van der Waals surface area contributed by atoms with Crippen molar-refractivity contribution in [2.45, 2.75) is 6.92 Å². The van der Waals surface area contributed by atoms with E-state index in [9.17, 15) is 4.79 Å². The second-order valence-corrected chi connectivity index (χ2v) is 2.97. The molecule has 0 unspecified atom stereocenters. The molecule has 0 aliphatic rings. The number of nitrogens with zero attached hydrogens (tertiary/aromatic N) is 2. The summed E-state index contributed by atoms with van der Waals surface area (Å²) in [7, 11) is 1.76. The third kappa shape index (κ3) is 0.794. The van der Waals surface area contributed by atoms with E-state index < -0.39 is 0 Å². The molecule has 2 aromatic heterocycles. The largest absolute Gasteiger partial charge is 0.317 e. The van der Waals surface area contributed by atoms with Crippen LogP contribution in [0.4, 0.5) is 0 Å². The number of aryl methyl sites for hydroxylation is 2. The molecule has 0 saturated heterocycles. The Kier molecular flexibility index (Phi) is 1.33. The van der Waals surface area contributed by atoms with Crippen molar-refractivity contribution in [1.29, 1.82) is 0 Å². The first-order valence-electron chi connectivity index (χ1n) is 3.83. The zero-order valence-electron chi connectivity index (χ0n) is 7.11. The molecule has 2 heterocycles. The molecule has 3 nitrogen and oxygen atoms in total. The van der Waals surface area contributed by atoms with Crippen molar-refractivity contribution < 1.29 is 0 Å². The molecule has 2 aromatic rings. The minimum Gasteiger partial charge on any atom is -0.317 e. The van der Waals surface area contributed by atoms with Crippen LogP contribution in [0.2, 0.25) is 0 Å². The predicted octanol–water partition coefficient (Wildman–Crippen LogP) is 0.946. The number of hydrogen-bond acceptors (Lipinski definition) is 1. The van der Waals surface area contributed by atoms with E-state index in [4.69, 9.17) is 0 Å². The number of fused-ring (bicyclic) bond motifs is 1. The first kappa shape index (κ1) is 7.16. The molecule has 0 radical (unpaired) electrons. The molecule has 0 N–H and O–H groups in total. The van der Waals surface area contributed by atoms with E-state index in [0.717, 1.165) is 11.1 Å². The van der Waals surface area contributed by atoms with Crippen LogP contribution in [0.1, 0.15) is 5.56 Å². The Bertz CT molecular complexity index is 479. The highest BCUT2D eigenvalue weighted by molar-refractivity contribution is 5.52. The Labute approximate surface area is 69.9 Å². The number of rotatable bonds is 0. The van der Waals surface area contributed by atoms with Gasteiger partial charge in [0.2, 0.25) is 0 Å². The van der Waals surface area contributed by atoms with Crippen LogP contribution in [0.25, 0.3) is 5.52 Å². The Morgan fingerprint density at radius 1 is 1.25 bits per heavy atom. The van der Waals surface area contributed by atoms with Crippen molar-refractivity contribution >= 4 is 5.52 Å². The smallest absolute Gasteiger partial charge is 0.274 e. The highest BCUT2D eigenvalue weighted by Crippen LogP contribution is 2.04. The Balaban J connectivity index is 3.06. The zero-order valence-corrected chi connectivity index (χ0v) is 7.11. The molecule has 3 heteroatoms. The average Bonchev–Trinajstić information content (AvgIpc) is 2.41. The maximum Gasteiger partial charge on any atom is 0.274 e. The van der Waals surface area contributed by atoms with Gasteiger partial charge in [-0.1, -0.05) is 0 Å². The van der Waals surface area contributed by atoms with E-state index in [0.29, 0.717) is 0 Å². The normalized spacial score (nSPS) is 10.8. The van der Waals surface area contributed by atoms with Gasteiger partial charge in [0.15, 0.2) is 0 Å². The summed E-state index contributed by atoms with van der Waals surface area (Å²) in [5.41, 5.74) is 1.84. The van der Waals surface area contributed by atoms with E-state index in [1.54, 1.807) is 17.8 Å². The van der Waals surface area contributed by atoms with Gasteiger partial charge in [0.05, 0.1) is 0 Å². The first-order chi connectivity index (χ1) is 5.70. The SMILES string of the molecule is Cc1ccn2ccn(C)c(=O)c12. The summed E-state index contributed by atoms with van der Waals surface area (Å²) in [5.74, 6) is 0. The van der Waals surface area contributed by atoms with E-state index >= 15 is 0 Å². The van der Waals surface area contributed by atoms with Gasteiger partial charge in [0.25, 0.3) is 5.56 Å². The van der Waals surface area contributed by atoms with Crippen molar-refractivity contribution in [1.82, 2.24) is 8.97 Å². The second-order valence-electron chi connectivity index (χ2n) is 2.97. The van der Waals surface area contributed by atoms with Gasteiger partial charge in [-0.15, -0.1) is 0 Å². The van der Waals surface area contributed by atoms with Crippen molar-refractivity contribution in [2.75, 3.05) is 0 Å². The Hall–Kier alpha value is -1.51. The Morgan fingerprint density at radius 2 is 2.00 bits per heavy atom. The first-order valence-corrected chi connectivity index (χ1v) is 3.83. The molecule has 0 saturated carbocycles. The highest BCUT2D eigenvalue weighted by Gasteiger charge is 2.02. The van der Waals surface area contributed by atoms with Crippen LogP contribution in [0, 0.1) is 6.92 Å². The molecular weight excluding hydrogens is 152 g/mol. The zero-order chi connectivity index (χ0) is 8.72. The van der Waals surface area contributed by atoms with Gasteiger partial charge in [-0.25, -0.2) is 0 Å². The van der Waals surface area contributed by atoms with Gasteiger partial charge < -0.3 is 8.97 Å². The monoisotopic (exact) mass is 162 g/mol.